The Hall–Kier alpha value is -2.68. The molecule has 2 unspecified atom stereocenters. The first-order valence-electron chi connectivity index (χ1n) is 9.49. The summed E-state index contributed by atoms with van der Waals surface area (Å²) in [6, 6.07) is 7.00. The number of anilines is 2. The van der Waals surface area contributed by atoms with Gasteiger partial charge in [-0.2, -0.15) is 13.2 Å². The third-order valence-corrected chi connectivity index (χ3v) is 5.44. The van der Waals surface area contributed by atoms with Crippen LogP contribution >= 0.6 is 0 Å². The number of fused-ring (bicyclic) bond motifs is 2. The van der Waals surface area contributed by atoms with E-state index in [0.717, 1.165) is 49.0 Å². The molecule has 9 heteroatoms. The molecule has 3 aliphatic rings. The number of alkyl halides is 3. The van der Waals surface area contributed by atoms with Gasteiger partial charge >= 0.3 is 6.18 Å². The number of piperazine rings is 1. The molecule has 2 aromatic rings. The number of halogens is 3. The molecular weight excluding hydrogens is 383 g/mol. The number of carbonyl (C=O) groups excluding carboxylic acids is 1. The van der Waals surface area contributed by atoms with Gasteiger partial charge in [0.25, 0.3) is 0 Å². The van der Waals surface area contributed by atoms with E-state index in [4.69, 9.17) is 0 Å². The van der Waals surface area contributed by atoms with Gasteiger partial charge in [-0.1, -0.05) is 0 Å². The predicted octanol–water partition coefficient (Wildman–Crippen LogP) is 3.01. The molecule has 0 saturated carbocycles. The van der Waals surface area contributed by atoms with Gasteiger partial charge in [0.15, 0.2) is 0 Å². The Morgan fingerprint density at radius 2 is 1.79 bits per heavy atom. The molecule has 3 saturated heterocycles. The van der Waals surface area contributed by atoms with Crippen molar-refractivity contribution >= 4 is 17.4 Å². The minimum absolute atomic E-state index is 0.221. The summed E-state index contributed by atoms with van der Waals surface area (Å²) in [5.74, 6) is 1.44. The zero-order valence-electron chi connectivity index (χ0n) is 16.2. The molecule has 4 heterocycles. The van der Waals surface area contributed by atoms with Crippen LogP contribution < -0.4 is 10.2 Å². The average molecular weight is 405 g/mol. The maximum Gasteiger partial charge on any atom is 0.416 e. The predicted molar refractivity (Wildman–Crippen MR) is 103 cm³/mol. The molecule has 3 aliphatic heterocycles. The van der Waals surface area contributed by atoms with Crippen molar-refractivity contribution in [2.24, 2.45) is 0 Å². The minimum Gasteiger partial charge on any atom is -0.353 e. The van der Waals surface area contributed by atoms with Gasteiger partial charge in [-0.15, -0.1) is 0 Å². The maximum absolute atomic E-state index is 12.6. The van der Waals surface area contributed by atoms with Gasteiger partial charge in [0, 0.05) is 42.6 Å². The highest BCUT2D eigenvalue weighted by molar-refractivity contribution is 5.92. The zero-order chi connectivity index (χ0) is 20.8. The third-order valence-electron chi connectivity index (χ3n) is 5.44. The fraction of sp³-hybridized carbons (Fsp3) is 0.450. The van der Waals surface area contributed by atoms with E-state index in [2.05, 4.69) is 25.1 Å². The molecule has 1 N–H and O–H groups in total. The van der Waals surface area contributed by atoms with E-state index >= 15 is 0 Å². The highest BCUT2D eigenvalue weighted by atomic mass is 19.4. The van der Waals surface area contributed by atoms with Gasteiger partial charge in [-0.25, -0.2) is 9.97 Å². The number of hydrogen-bond acceptors (Lipinski definition) is 5. The van der Waals surface area contributed by atoms with Gasteiger partial charge in [0.2, 0.25) is 5.91 Å². The lowest BCUT2D eigenvalue weighted by molar-refractivity contribution is -0.137. The Bertz CT molecular complexity index is 883. The molecule has 0 spiro atoms. The zero-order valence-corrected chi connectivity index (χ0v) is 16.2. The maximum atomic E-state index is 12.6. The smallest absolute Gasteiger partial charge is 0.353 e. The number of nitrogens with zero attached hydrogens (tertiary/aromatic N) is 4. The second-order valence-electron chi connectivity index (χ2n) is 7.66. The lowest BCUT2D eigenvalue weighted by Gasteiger charge is -2.56. The Kier molecular flexibility index (Phi) is 4.94. The summed E-state index contributed by atoms with van der Waals surface area (Å²) in [7, 11) is 0. The number of amides is 1. The number of nitrogens with one attached hydrogen (secondary N) is 1. The Balaban J connectivity index is 1.33. The van der Waals surface area contributed by atoms with E-state index in [1.165, 1.54) is 12.1 Å². The summed E-state index contributed by atoms with van der Waals surface area (Å²) < 4.78 is 37.9. The molecule has 3 fully saturated rings. The van der Waals surface area contributed by atoms with Crippen LogP contribution in [0, 0.1) is 13.8 Å². The van der Waals surface area contributed by atoms with E-state index in [1.54, 1.807) is 0 Å². The largest absolute Gasteiger partial charge is 0.416 e. The van der Waals surface area contributed by atoms with Gasteiger partial charge in [-0.05, 0) is 44.5 Å². The van der Waals surface area contributed by atoms with E-state index < -0.39 is 11.7 Å². The molecule has 1 aromatic heterocycles. The van der Waals surface area contributed by atoms with Crippen molar-refractivity contribution in [2.45, 2.75) is 38.5 Å². The number of hydrogen-bond donors (Lipinski definition) is 1. The normalized spacial score (nSPS) is 21.6. The summed E-state index contributed by atoms with van der Waals surface area (Å²) in [5.41, 5.74) is 0.560. The first-order valence-corrected chi connectivity index (χ1v) is 9.49. The van der Waals surface area contributed by atoms with E-state index in [1.807, 2.05) is 19.9 Å². The lowest BCUT2D eigenvalue weighted by Crippen LogP contribution is -2.69. The molecular formula is C20H22F3N5O. The van der Waals surface area contributed by atoms with Crippen molar-refractivity contribution in [1.29, 1.82) is 0 Å². The molecule has 2 atom stereocenters. The van der Waals surface area contributed by atoms with Crippen molar-refractivity contribution in [3.8, 4) is 0 Å². The Morgan fingerprint density at radius 1 is 1.14 bits per heavy atom. The van der Waals surface area contributed by atoms with Gasteiger partial charge in [0.05, 0.1) is 12.1 Å². The van der Waals surface area contributed by atoms with Gasteiger partial charge < -0.3 is 10.2 Å². The number of benzene rings is 1. The Labute approximate surface area is 166 Å². The summed E-state index contributed by atoms with van der Waals surface area (Å²) in [4.78, 5) is 25.6. The van der Waals surface area contributed by atoms with Crippen molar-refractivity contribution in [2.75, 3.05) is 29.9 Å². The third kappa shape index (κ3) is 4.19. The summed E-state index contributed by atoms with van der Waals surface area (Å²) in [6.45, 7) is 5.63. The minimum atomic E-state index is -4.38. The van der Waals surface area contributed by atoms with E-state index in [9.17, 15) is 18.0 Å². The van der Waals surface area contributed by atoms with Crippen LogP contribution in [0.4, 0.5) is 24.7 Å². The summed E-state index contributed by atoms with van der Waals surface area (Å²) >= 11 is 0. The van der Waals surface area contributed by atoms with Crippen LogP contribution in [0.5, 0.6) is 0 Å². The van der Waals surface area contributed by atoms with Crippen LogP contribution in [0.25, 0.3) is 0 Å². The molecule has 0 aliphatic carbocycles. The second kappa shape index (κ2) is 7.29. The van der Waals surface area contributed by atoms with Crippen LogP contribution in [0.15, 0.2) is 30.3 Å². The fourth-order valence-electron chi connectivity index (χ4n) is 4.10. The van der Waals surface area contributed by atoms with Crippen LogP contribution in [-0.4, -0.2) is 52.5 Å². The van der Waals surface area contributed by atoms with Crippen molar-refractivity contribution in [3.05, 3.63) is 47.4 Å². The average Bonchev–Trinajstić information content (AvgIpc) is 2.65. The molecule has 6 nitrogen and oxygen atoms in total. The molecule has 2 bridgehead atoms. The molecule has 1 aromatic carbocycles. The monoisotopic (exact) mass is 405 g/mol. The highest BCUT2D eigenvalue weighted by Gasteiger charge is 2.45. The molecule has 1 amide bonds. The molecule has 29 heavy (non-hydrogen) atoms. The number of aryl methyl sites for hydroxylation is 2. The summed E-state index contributed by atoms with van der Waals surface area (Å²) in [6.07, 6.45) is -3.35. The van der Waals surface area contributed by atoms with Crippen LogP contribution in [-0.2, 0) is 11.0 Å². The van der Waals surface area contributed by atoms with Crippen molar-refractivity contribution < 1.29 is 18.0 Å². The van der Waals surface area contributed by atoms with Crippen molar-refractivity contribution in [1.82, 2.24) is 14.9 Å². The number of carbonyl (C=O) groups is 1. The number of aromatic nitrogens is 2. The molecule has 5 rings (SSSR count). The Morgan fingerprint density at radius 3 is 2.38 bits per heavy atom. The highest BCUT2D eigenvalue weighted by Crippen LogP contribution is 2.34. The first-order chi connectivity index (χ1) is 13.7. The van der Waals surface area contributed by atoms with Gasteiger partial charge in [-0.3, -0.25) is 9.69 Å². The standard InChI is InChI=1S/C20H22F3N5O/c1-12-7-18(25-13(2)24-12)27-9-16-8-17(10-27)28(16)11-19(29)26-15-5-3-14(4-6-15)20(21,22)23/h3-7,16-17H,8-11H2,1-2H3,(H,26,29). The van der Waals surface area contributed by atoms with Crippen LogP contribution in [0.3, 0.4) is 0 Å². The topological polar surface area (TPSA) is 61.4 Å². The van der Waals surface area contributed by atoms with Crippen LogP contribution in [0.1, 0.15) is 23.5 Å². The summed E-state index contributed by atoms with van der Waals surface area (Å²) in [5, 5.41) is 2.68. The fourth-order valence-corrected chi connectivity index (χ4v) is 4.10. The quantitative estimate of drug-likeness (QED) is 0.848. The number of piperidine rings is 1. The van der Waals surface area contributed by atoms with E-state index in [0.29, 0.717) is 5.69 Å². The molecule has 154 valence electrons. The second-order valence-corrected chi connectivity index (χ2v) is 7.66. The first kappa shape index (κ1) is 19.6. The van der Waals surface area contributed by atoms with Crippen LogP contribution in [0.2, 0.25) is 0 Å². The lowest BCUT2D eigenvalue weighted by atomic mass is 9.87. The molecule has 0 radical (unpaired) electrons. The SMILES string of the molecule is Cc1cc(N2CC3CC(C2)N3CC(=O)Nc2ccc(C(F)(F)F)cc2)nc(C)n1. The van der Waals surface area contributed by atoms with E-state index in [-0.39, 0.29) is 24.5 Å². The number of rotatable bonds is 4. The van der Waals surface area contributed by atoms with Gasteiger partial charge in [0.1, 0.15) is 11.6 Å². The van der Waals surface area contributed by atoms with Crippen molar-refractivity contribution in [3.63, 3.8) is 0 Å².